The summed E-state index contributed by atoms with van der Waals surface area (Å²) in [6, 6.07) is 5.36. The van der Waals surface area contributed by atoms with Gasteiger partial charge in [-0.3, -0.25) is 14.9 Å². The van der Waals surface area contributed by atoms with Gasteiger partial charge in [0.05, 0.1) is 4.92 Å². The van der Waals surface area contributed by atoms with Crippen LogP contribution >= 0.6 is 0 Å². The lowest BCUT2D eigenvalue weighted by Gasteiger charge is -2.04. The predicted molar refractivity (Wildman–Crippen MR) is 68.5 cm³/mol. The molecule has 0 heterocycles. The van der Waals surface area contributed by atoms with Gasteiger partial charge in [0.25, 0.3) is 11.6 Å². The van der Waals surface area contributed by atoms with Crippen LogP contribution in [0.5, 0.6) is 0 Å². The van der Waals surface area contributed by atoms with Crippen molar-refractivity contribution < 1.29 is 9.72 Å². The minimum absolute atomic E-state index is 0.0478. The number of hydrazone groups is 1. The molecule has 0 atom stereocenters. The first kappa shape index (κ1) is 13.8. The van der Waals surface area contributed by atoms with Gasteiger partial charge in [-0.1, -0.05) is 13.8 Å². The van der Waals surface area contributed by atoms with Crippen LogP contribution in [0.3, 0.4) is 0 Å². The van der Waals surface area contributed by atoms with Crippen molar-refractivity contribution in [2.45, 2.75) is 20.8 Å². The average molecular weight is 249 g/mol. The summed E-state index contributed by atoms with van der Waals surface area (Å²) in [5.74, 6) is -0.132. The van der Waals surface area contributed by atoms with Crippen molar-refractivity contribution in [2.75, 3.05) is 0 Å². The van der Waals surface area contributed by atoms with Gasteiger partial charge in [0.1, 0.15) is 0 Å². The van der Waals surface area contributed by atoms with Gasteiger partial charge in [0, 0.05) is 23.4 Å². The number of hydrogen-bond donors (Lipinski definition) is 1. The number of hydrogen-bond acceptors (Lipinski definition) is 4. The molecule has 0 aromatic heterocycles. The van der Waals surface area contributed by atoms with Crippen LogP contribution in [0.15, 0.2) is 29.4 Å². The van der Waals surface area contributed by atoms with E-state index in [1.165, 1.54) is 24.3 Å². The van der Waals surface area contributed by atoms with Crippen molar-refractivity contribution in [1.82, 2.24) is 5.43 Å². The van der Waals surface area contributed by atoms with E-state index >= 15 is 0 Å². The predicted octanol–water partition coefficient (Wildman–Crippen LogP) is 2.36. The molecule has 0 saturated carbocycles. The third-order valence-corrected chi connectivity index (χ3v) is 2.51. The summed E-state index contributed by atoms with van der Waals surface area (Å²) in [4.78, 5) is 21.6. The highest BCUT2D eigenvalue weighted by atomic mass is 16.6. The highest BCUT2D eigenvalue weighted by molar-refractivity contribution is 5.95. The number of non-ortho nitro benzene ring substituents is 1. The monoisotopic (exact) mass is 249 g/mol. The van der Waals surface area contributed by atoms with Gasteiger partial charge in [-0.15, -0.1) is 0 Å². The largest absolute Gasteiger partial charge is 0.271 e. The van der Waals surface area contributed by atoms with E-state index in [1.807, 2.05) is 20.8 Å². The molecule has 0 radical (unpaired) electrons. The van der Waals surface area contributed by atoms with Gasteiger partial charge in [0.2, 0.25) is 0 Å². The smallest absolute Gasteiger partial charge is 0.267 e. The molecule has 0 saturated heterocycles. The van der Waals surface area contributed by atoms with Crippen LogP contribution in [-0.2, 0) is 0 Å². The summed E-state index contributed by atoms with van der Waals surface area (Å²) >= 11 is 0. The number of amides is 1. The van der Waals surface area contributed by atoms with Gasteiger partial charge in [0.15, 0.2) is 0 Å². The third-order valence-electron chi connectivity index (χ3n) is 2.51. The molecule has 1 N–H and O–H groups in total. The van der Waals surface area contributed by atoms with E-state index in [0.717, 1.165) is 5.71 Å². The molecule has 96 valence electrons. The molecule has 1 rings (SSSR count). The maximum absolute atomic E-state index is 11.7. The Morgan fingerprint density at radius 1 is 1.33 bits per heavy atom. The summed E-state index contributed by atoms with van der Waals surface area (Å²) in [5, 5.41) is 14.4. The average Bonchev–Trinajstić information content (AvgIpc) is 2.35. The second kappa shape index (κ2) is 5.90. The Labute approximate surface area is 105 Å². The normalized spacial score (nSPS) is 11.4. The number of nitrogens with one attached hydrogen (secondary N) is 1. The Bertz CT molecular complexity index is 478. The number of rotatable bonds is 4. The van der Waals surface area contributed by atoms with Gasteiger partial charge < -0.3 is 0 Å². The van der Waals surface area contributed by atoms with E-state index < -0.39 is 4.92 Å². The fraction of sp³-hybridized carbons (Fsp3) is 0.333. The molecule has 1 aromatic carbocycles. The third kappa shape index (κ3) is 3.65. The molecule has 6 heteroatoms. The molecular formula is C12H15N3O3. The van der Waals surface area contributed by atoms with Crippen LogP contribution in [0.2, 0.25) is 0 Å². The van der Waals surface area contributed by atoms with E-state index in [0.29, 0.717) is 5.56 Å². The van der Waals surface area contributed by atoms with Crippen molar-refractivity contribution in [3.05, 3.63) is 39.9 Å². The molecule has 0 aliphatic heterocycles. The zero-order chi connectivity index (χ0) is 13.7. The Morgan fingerprint density at radius 3 is 2.33 bits per heavy atom. The lowest BCUT2D eigenvalue weighted by Crippen LogP contribution is -2.20. The molecule has 0 fully saturated rings. The number of nitrogens with zero attached hydrogens (tertiary/aromatic N) is 2. The van der Waals surface area contributed by atoms with Crippen molar-refractivity contribution >= 4 is 17.3 Å². The lowest BCUT2D eigenvalue weighted by atomic mass is 10.1. The molecule has 18 heavy (non-hydrogen) atoms. The van der Waals surface area contributed by atoms with Crippen LogP contribution in [0.4, 0.5) is 5.69 Å². The summed E-state index contributed by atoms with van der Waals surface area (Å²) in [6.07, 6.45) is 0. The molecule has 0 spiro atoms. The molecule has 0 unspecified atom stereocenters. The minimum atomic E-state index is -0.511. The lowest BCUT2D eigenvalue weighted by molar-refractivity contribution is -0.384. The highest BCUT2D eigenvalue weighted by Gasteiger charge is 2.09. The van der Waals surface area contributed by atoms with Crippen LogP contribution in [0, 0.1) is 16.0 Å². The molecule has 0 aliphatic rings. The SMILES string of the molecule is C/C(=N\NC(=O)c1ccc([N+](=O)[O-])cc1)C(C)C. The van der Waals surface area contributed by atoms with Crippen molar-refractivity contribution in [1.29, 1.82) is 0 Å². The van der Waals surface area contributed by atoms with Crippen LogP contribution in [0.25, 0.3) is 0 Å². The Balaban J connectivity index is 2.73. The zero-order valence-electron chi connectivity index (χ0n) is 10.5. The second-order valence-corrected chi connectivity index (χ2v) is 4.15. The fourth-order valence-corrected chi connectivity index (χ4v) is 1.07. The summed E-state index contributed by atoms with van der Waals surface area (Å²) in [7, 11) is 0. The van der Waals surface area contributed by atoms with Gasteiger partial charge >= 0.3 is 0 Å². The molecule has 1 aromatic rings. The first-order valence-electron chi connectivity index (χ1n) is 5.50. The maximum Gasteiger partial charge on any atom is 0.271 e. The highest BCUT2D eigenvalue weighted by Crippen LogP contribution is 2.11. The van der Waals surface area contributed by atoms with Gasteiger partial charge in [-0.25, -0.2) is 5.43 Å². The summed E-state index contributed by atoms with van der Waals surface area (Å²) in [5.41, 5.74) is 3.50. The number of nitro groups is 1. The molecule has 1 amide bonds. The maximum atomic E-state index is 11.7. The van der Waals surface area contributed by atoms with E-state index in [1.54, 1.807) is 0 Å². The first-order chi connectivity index (χ1) is 8.41. The van der Waals surface area contributed by atoms with E-state index in [4.69, 9.17) is 0 Å². The number of nitro benzene ring substituents is 1. The number of carbonyl (C=O) groups is 1. The molecule has 6 nitrogen and oxygen atoms in total. The first-order valence-corrected chi connectivity index (χ1v) is 5.50. The number of carbonyl (C=O) groups excluding carboxylic acids is 1. The zero-order valence-corrected chi connectivity index (χ0v) is 10.5. The Kier molecular flexibility index (Phi) is 4.53. The van der Waals surface area contributed by atoms with Gasteiger partial charge in [-0.05, 0) is 25.0 Å². The van der Waals surface area contributed by atoms with Crippen LogP contribution < -0.4 is 5.43 Å². The fourth-order valence-electron chi connectivity index (χ4n) is 1.07. The molecular weight excluding hydrogens is 234 g/mol. The van der Waals surface area contributed by atoms with E-state index in [2.05, 4.69) is 10.5 Å². The van der Waals surface area contributed by atoms with E-state index in [9.17, 15) is 14.9 Å². The van der Waals surface area contributed by atoms with Crippen molar-refractivity contribution in [3.8, 4) is 0 Å². The van der Waals surface area contributed by atoms with Crippen molar-refractivity contribution in [2.24, 2.45) is 11.0 Å². The molecule has 0 bridgehead atoms. The Hall–Kier alpha value is -2.24. The van der Waals surface area contributed by atoms with Gasteiger partial charge in [-0.2, -0.15) is 5.10 Å². The summed E-state index contributed by atoms with van der Waals surface area (Å²) in [6.45, 7) is 5.76. The topological polar surface area (TPSA) is 84.6 Å². The quantitative estimate of drug-likeness (QED) is 0.505. The number of benzene rings is 1. The molecule has 0 aliphatic carbocycles. The van der Waals surface area contributed by atoms with E-state index in [-0.39, 0.29) is 17.5 Å². The Morgan fingerprint density at radius 2 is 1.89 bits per heavy atom. The van der Waals surface area contributed by atoms with Crippen LogP contribution in [0.1, 0.15) is 31.1 Å². The minimum Gasteiger partial charge on any atom is -0.267 e. The van der Waals surface area contributed by atoms with Crippen molar-refractivity contribution in [3.63, 3.8) is 0 Å². The van der Waals surface area contributed by atoms with Crippen LogP contribution in [-0.4, -0.2) is 16.5 Å². The summed E-state index contributed by atoms with van der Waals surface area (Å²) < 4.78 is 0. The standard InChI is InChI=1S/C12H15N3O3/c1-8(2)9(3)13-14-12(16)10-4-6-11(7-5-10)15(17)18/h4-8H,1-3H3,(H,14,16)/b13-9+. The second-order valence-electron chi connectivity index (χ2n) is 4.15.